The SMILES string of the molecule is CNC(C)C.N=Cc1cc(Nc2ncnc3sc4c(c23)CCCC4)cnc1N. The van der Waals surface area contributed by atoms with E-state index in [1.54, 1.807) is 23.9 Å². The van der Waals surface area contributed by atoms with Crippen molar-refractivity contribution in [1.29, 1.82) is 5.41 Å². The largest absolute Gasteiger partial charge is 0.383 e. The molecule has 4 rings (SSSR count). The van der Waals surface area contributed by atoms with E-state index in [0.29, 0.717) is 17.4 Å². The molecule has 0 bridgehead atoms. The number of aryl methyl sites for hydroxylation is 2. The van der Waals surface area contributed by atoms with Crippen LogP contribution in [0.1, 0.15) is 42.7 Å². The molecule has 0 fully saturated rings. The van der Waals surface area contributed by atoms with Crippen LogP contribution in [0.25, 0.3) is 10.2 Å². The van der Waals surface area contributed by atoms with E-state index < -0.39 is 0 Å². The summed E-state index contributed by atoms with van der Waals surface area (Å²) in [5.74, 6) is 1.16. The Morgan fingerprint density at radius 3 is 2.68 bits per heavy atom. The lowest BCUT2D eigenvalue weighted by Gasteiger charge is -2.12. The second-order valence-corrected chi connectivity index (χ2v) is 8.11. The minimum absolute atomic E-state index is 0.353. The van der Waals surface area contributed by atoms with Gasteiger partial charge in [-0.05, 0) is 44.4 Å². The van der Waals surface area contributed by atoms with Gasteiger partial charge < -0.3 is 21.8 Å². The monoisotopic (exact) mass is 397 g/mol. The van der Waals surface area contributed by atoms with Gasteiger partial charge in [-0.15, -0.1) is 11.3 Å². The Morgan fingerprint density at radius 1 is 1.21 bits per heavy atom. The number of nitrogen functional groups attached to an aromatic ring is 1. The lowest BCUT2D eigenvalue weighted by molar-refractivity contribution is 0.668. The van der Waals surface area contributed by atoms with Crippen LogP contribution < -0.4 is 16.4 Å². The van der Waals surface area contributed by atoms with Crippen LogP contribution in [-0.4, -0.2) is 34.3 Å². The minimum Gasteiger partial charge on any atom is -0.383 e. The van der Waals surface area contributed by atoms with E-state index in [0.717, 1.165) is 34.6 Å². The van der Waals surface area contributed by atoms with Crippen molar-refractivity contribution in [3.8, 4) is 0 Å². The van der Waals surface area contributed by atoms with Crippen molar-refractivity contribution in [2.75, 3.05) is 18.1 Å². The maximum atomic E-state index is 7.40. The van der Waals surface area contributed by atoms with Crippen LogP contribution >= 0.6 is 11.3 Å². The fourth-order valence-corrected chi connectivity index (χ4v) is 4.23. The normalized spacial score (nSPS) is 13.0. The number of rotatable bonds is 4. The third-order valence-electron chi connectivity index (χ3n) is 4.70. The number of nitrogens with one attached hydrogen (secondary N) is 3. The first-order valence-corrected chi connectivity index (χ1v) is 10.3. The zero-order valence-corrected chi connectivity index (χ0v) is 17.4. The minimum atomic E-state index is 0.353. The summed E-state index contributed by atoms with van der Waals surface area (Å²) in [4.78, 5) is 15.5. The number of hydrogen-bond donors (Lipinski definition) is 4. The Balaban J connectivity index is 0.000000403. The fraction of sp³-hybridized carbons (Fsp3) is 0.400. The second kappa shape index (κ2) is 9.07. The second-order valence-electron chi connectivity index (χ2n) is 7.02. The summed E-state index contributed by atoms with van der Waals surface area (Å²) in [6, 6.07) is 2.44. The van der Waals surface area contributed by atoms with Crippen molar-refractivity contribution in [1.82, 2.24) is 20.3 Å². The highest BCUT2D eigenvalue weighted by Crippen LogP contribution is 2.38. The van der Waals surface area contributed by atoms with Crippen molar-refractivity contribution >= 4 is 45.1 Å². The number of nitrogens with zero attached hydrogens (tertiary/aromatic N) is 3. The fourth-order valence-electron chi connectivity index (χ4n) is 3.00. The van der Waals surface area contributed by atoms with Crippen LogP contribution in [0, 0.1) is 5.41 Å². The van der Waals surface area contributed by atoms with Gasteiger partial charge in [-0.2, -0.15) is 0 Å². The summed E-state index contributed by atoms with van der Waals surface area (Å²) in [6.45, 7) is 4.22. The summed E-state index contributed by atoms with van der Waals surface area (Å²) in [5, 5.41) is 14.9. The Labute approximate surface area is 169 Å². The lowest BCUT2D eigenvalue weighted by Crippen LogP contribution is -2.15. The molecule has 8 heteroatoms. The molecule has 3 aromatic heterocycles. The Kier molecular flexibility index (Phi) is 6.53. The number of thiophene rings is 1. The van der Waals surface area contributed by atoms with Crippen molar-refractivity contribution in [3.05, 3.63) is 34.6 Å². The standard InChI is InChI=1S/C16H16N6S.C4H11N/c17-6-9-5-10(7-19-14(9)18)22-15-13-11-3-1-2-4-12(11)23-16(13)21-8-20-15;1-4(2)5-3/h5-8,17H,1-4H2,(H2,18,19)(H,20,21,22);4-5H,1-3H3. The van der Waals surface area contributed by atoms with Crippen LogP contribution in [-0.2, 0) is 12.8 Å². The highest BCUT2D eigenvalue weighted by molar-refractivity contribution is 7.19. The summed E-state index contributed by atoms with van der Waals surface area (Å²) >= 11 is 1.77. The average molecular weight is 398 g/mol. The molecule has 0 unspecified atom stereocenters. The van der Waals surface area contributed by atoms with Gasteiger partial charge in [0.1, 0.15) is 22.8 Å². The van der Waals surface area contributed by atoms with Crippen molar-refractivity contribution in [2.45, 2.75) is 45.6 Å². The average Bonchev–Trinajstić information content (AvgIpc) is 3.09. The maximum Gasteiger partial charge on any atom is 0.142 e. The molecule has 0 saturated heterocycles. The molecule has 3 heterocycles. The van der Waals surface area contributed by atoms with Crippen LogP contribution in [0.3, 0.4) is 0 Å². The molecule has 1 aliphatic rings. The van der Waals surface area contributed by atoms with Crippen LogP contribution in [0.15, 0.2) is 18.6 Å². The van der Waals surface area contributed by atoms with Gasteiger partial charge in [-0.3, -0.25) is 0 Å². The Hall–Kier alpha value is -2.58. The van der Waals surface area contributed by atoms with Gasteiger partial charge in [0.2, 0.25) is 0 Å². The van der Waals surface area contributed by atoms with E-state index in [2.05, 4.69) is 39.4 Å². The lowest BCUT2D eigenvalue weighted by atomic mass is 9.97. The quantitative estimate of drug-likeness (QED) is 0.497. The van der Waals surface area contributed by atoms with Gasteiger partial charge in [-0.25, -0.2) is 15.0 Å². The highest BCUT2D eigenvalue weighted by atomic mass is 32.1. The molecule has 1 aliphatic carbocycles. The number of aromatic nitrogens is 3. The van der Waals surface area contributed by atoms with E-state index in [-0.39, 0.29) is 0 Å². The summed E-state index contributed by atoms with van der Waals surface area (Å²) < 4.78 is 0. The highest BCUT2D eigenvalue weighted by Gasteiger charge is 2.20. The van der Waals surface area contributed by atoms with Gasteiger partial charge in [0.05, 0.1) is 17.3 Å². The molecule has 5 N–H and O–H groups in total. The van der Waals surface area contributed by atoms with E-state index in [1.165, 1.54) is 29.5 Å². The van der Waals surface area contributed by atoms with Crippen LogP contribution in [0.2, 0.25) is 0 Å². The zero-order chi connectivity index (χ0) is 20.1. The molecule has 3 aromatic rings. The molecule has 0 atom stereocenters. The van der Waals surface area contributed by atoms with E-state index in [9.17, 15) is 0 Å². The number of nitrogens with two attached hydrogens (primary N) is 1. The van der Waals surface area contributed by atoms with Gasteiger partial charge in [0, 0.05) is 22.7 Å². The van der Waals surface area contributed by atoms with Gasteiger partial charge >= 0.3 is 0 Å². The molecule has 28 heavy (non-hydrogen) atoms. The third kappa shape index (κ3) is 4.45. The molecule has 0 aromatic carbocycles. The number of anilines is 3. The van der Waals surface area contributed by atoms with Crippen molar-refractivity contribution in [2.24, 2.45) is 0 Å². The Morgan fingerprint density at radius 2 is 1.96 bits per heavy atom. The van der Waals surface area contributed by atoms with Gasteiger partial charge in [-0.1, -0.05) is 13.8 Å². The van der Waals surface area contributed by atoms with Gasteiger partial charge in [0.15, 0.2) is 0 Å². The van der Waals surface area contributed by atoms with Crippen LogP contribution in [0.4, 0.5) is 17.3 Å². The predicted molar refractivity (Wildman–Crippen MR) is 118 cm³/mol. The van der Waals surface area contributed by atoms with E-state index in [1.807, 2.05) is 13.1 Å². The van der Waals surface area contributed by atoms with Gasteiger partial charge in [0.25, 0.3) is 0 Å². The van der Waals surface area contributed by atoms with E-state index in [4.69, 9.17) is 11.1 Å². The van der Waals surface area contributed by atoms with Crippen molar-refractivity contribution in [3.63, 3.8) is 0 Å². The first-order chi connectivity index (χ1) is 13.5. The summed E-state index contributed by atoms with van der Waals surface area (Å²) in [6.07, 6.45) is 9.15. The first kappa shape index (κ1) is 20.2. The summed E-state index contributed by atoms with van der Waals surface area (Å²) in [5.41, 5.74) is 8.49. The molecule has 0 spiro atoms. The third-order valence-corrected chi connectivity index (χ3v) is 5.90. The van der Waals surface area contributed by atoms with Crippen LogP contribution in [0.5, 0.6) is 0 Å². The number of pyridine rings is 1. The molecular formula is C20H27N7S. The zero-order valence-electron chi connectivity index (χ0n) is 16.5. The van der Waals surface area contributed by atoms with Crippen molar-refractivity contribution < 1.29 is 0 Å². The molecule has 7 nitrogen and oxygen atoms in total. The topological polar surface area (TPSA) is 113 Å². The molecule has 0 radical (unpaired) electrons. The molecule has 0 saturated carbocycles. The van der Waals surface area contributed by atoms with E-state index >= 15 is 0 Å². The molecule has 0 aliphatic heterocycles. The predicted octanol–water partition coefficient (Wildman–Crippen LogP) is 3.90. The Bertz CT molecular complexity index is 965. The molecule has 148 valence electrons. The first-order valence-electron chi connectivity index (χ1n) is 9.49. The molecular weight excluding hydrogens is 370 g/mol. The number of hydrogen-bond acceptors (Lipinski definition) is 8. The maximum absolute atomic E-state index is 7.40. The smallest absolute Gasteiger partial charge is 0.142 e. The number of fused-ring (bicyclic) bond motifs is 3. The molecule has 0 amide bonds. The summed E-state index contributed by atoms with van der Waals surface area (Å²) in [7, 11) is 1.95.